The highest BCUT2D eigenvalue weighted by molar-refractivity contribution is 6.32. The second-order valence-corrected chi connectivity index (χ2v) is 10.8. The molecule has 2 amide bonds. The van der Waals surface area contributed by atoms with Gasteiger partial charge in [-0.25, -0.2) is 9.97 Å². The third-order valence-electron chi connectivity index (χ3n) is 7.52. The standard InChI is InChI=1S/C27H32ClN9O4/c28-21-4-3-19-13-23(21)40-12-2-7-37-14-20(32-33-37)18-41-24-16-36(15-22(24)31-26(19)39)25(38)17-34-8-10-35(11-9-34)27-29-5-1-6-30-27/h1,3-6,13-14,22,24H,2,7-12,15-18H2,(H,31,39)/t22-,24-/m0/s1. The lowest BCUT2D eigenvalue weighted by atomic mass is 10.1. The number of piperazine rings is 1. The monoisotopic (exact) mass is 581 g/mol. The number of benzene rings is 1. The highest BCUT2D eigenvalue weighted by Crippen LogP contribution is 2.26. The van der Waals surface area contributed by atoms with Crippen LogP contribution in [0.1, 0.15) is 22.5 Å². The number of fused-ring (bicyclic) bond motifs is 5. The van der Waals surface area contributed by atoms with E-state index in [1.54, 1.807) is 46.2 Å². The summed E-state index contributed by atoms with van der Waals surface area (Å²) in [4.78, 5) is 41.3. The third kappa shape index (κ3) is 6.58. The van der Waals surface area contributed by atoms with Crippen LogP contribution < -0.4 is 15.0 Å². The molecule has 3 aliphatic heterocycles. The minimum absolute atomic E-state index is 0.00113. The van der Waals surface area contributed by atoms with E-state index in [0.717, 1.165) is 26.2 Å². The maximum atomic E-state index is 13.4. The van der Waals surface area contributed by atoms with E-state index in [4.69, 9.17) is 21.1 Å². The minimum atomic E-state index is -0.406. The number of carbonyl (C=O) groups excluding carboxylic acids is 2. The smallest absolute Gasteiger partial charge is 0.251 e. The van der Waals surface area contributed by atoms with Crippen molar-refractivity contribution in [1.82, 2.24) is 40.1 Å². The Morgan fingerprint density at radius 3 is 2.76 bits per heavy atom. The summed E-state index contributed by atoms with van der Waals surface area (Å²) >= 11 is 6.31. The fraction of sp³-hybridized carbons (Fsp3) is 0.481. The van der Waals surface area contributed by atoms with E-state index < -0.39 is 12.1 Å². The van der Waals surface area contributed by atoms with E-state index >= 15 is 0 Å². The van der Waals surface area contributed by atoms with Crippen molar-refractivity contribution in [3.63, 3.8) is 0 Å². The summed E-state index contributed by atoms with van der Waals surface area (Å²) in [6.45, 7) is 5.21. The molecule has 5 heterocycles. The molecule has 1 N–H and O–H groups in total. The van der Waals surface area contributed by atoms with Gasteiger partial charge in [0.15, 0.2) is 0 Å². The van der Waals surface area contributed by atoms with Crippen molar-refractivity contribution >= 4 is 29.4 Å². The van der Waals surface area contributed by atoms with Gasteiger partial charge in [-0.1, -0.05) is 16.8 Å². The van der Waals surface area contributed by atoms with Gasteiger partial charge in [0, 0.05) is 70.2 Å². The zero-order chi connectivity index (χ0) is 28.2. The number of hydrogen-bond acceptors (Lipinski definition) is 10. The maximum Gasteiger partial charge on any atom is 0.251 e. The highest BCUT2D eigenvalue weighted by Gasteiger charge is 2.38. The van der Waals surface area contributed by atoms with E-state index in [2.05, 4.69) is 35.4 Å². The molecule has 0 unspecified atom stereocenters. The summed E-state index contributed by atoms with van der Waals surface area (Å²) < 4.78 is 13.8. The molecule has 0 radical (unpaired) electrons. The van der Waals surface area contributed by atoms with Crippen LogP contribution in [0.3, 0.4) is 0 Å². The van der Waals surface area contributed by atoms with E-state index in [9.17, 15) is 9.59 Å². The van der Waals surface area contributed by atoms with E-state index in [1.807, 2.05) is 6.20 Å². The Hall–Kier alpha value is -3.81. The first-order valence-electron chi connectivity index (χ1n) is 13.8. The average Bonchev–Trinajstić information content (AvgIpc) is 3.62. The number of aryl methyl sites for hydroxylation is 1. The molecule has 6 rings (SSSR count). The maximum absolute atomic E-state index is 13.4. The van der Waals surface area contributed by atoms with Crippen molar-refractivity contribution in [1.29, 1.82) is 0 Å². The summed E-state index contributed by atoms with van der Waals surface area (Å²) in [6, 6.07) is 6.35. The summed E-state index contributed by atoms with van der Waals surface area (Å²) in [6.07, 6.45) is 5.59. The number of aromatic nitrogens is 5. The molecule has 2 atom stereocenters. The van der Waals surface area contributed by atoms with Gasteiger partial charge >= 0.3 is 0 Å². The lowest BCUT2D eigenvalue weighted by Gasteiger charge is -2.34. The molecule has 216 valence electrons. The molecule has 3 aromatic rings. The van der Waals surface area contributed by atoms with Gasteiger partial charge in [-0.2, -0.15) is 0 Å². The van der Waals surface area contributed by atoms with Crippen molar-refractivity contribution < 1.29 is 19.1 Å². The summed E-state index contributed by atoms with van der Waals surface area (Å²) in [5.41, 5.74) is 1.11. The molecule has 0 saturated carbocycles. The first kappa shape index (κ1) is 27.4. The van der Waals surface area contributed by atoms with Crippen molar-refractivity contribution in [2.75, 3.05) is 57.3 Å². The van der Waals surface area contributed by atoms with Crippen molar-refractivity contribution in [2.24, 2.45) is 0 Å². The SMILES string of the molecule is O=C1N[C@H]2CN(C(=O)CN3CCN(c4ncccn4)CC3)C[C@@H]2OCc2cn(nn2)CCCOc2cc1ccc2Cl. The Morgan fingerprint density at radius 1 is 1.10 bits per heavy atom. The molecule has 4 bridgehead atoms. The summed E-state index contributed by atoms with van der Waals surface area (Å²) in [5.74, 6) is 0.869. The van der Waals surface area contributed by atoms with E-state index in [0.29, 0.717) is 67.2 Å². The number of ether oxygens (including phenoxy) is 2. The largest absolute Gasteiger partial charge is 0.492 e. The van der Waals surface area contributed by atoms with E-state index in [-0.39, 0.29) is 18.4 Å². The number of likely N-dealkylation sites (tertiary alicyclic amines) is 1. The van der Waals surface area contributed by atoms with Crippen LogP contribution in [0.25, 0.3) is 0 Å². The Morgan fingerprint density at radius 2 is 1.93 bits per heavy atom. The third-order valence-corrected chi connectivity index (χ3v) is 7.83. The Balaban J connectivity index is 1.12. The number of hydrogen-bond donors (Lipinski definition) is 1. The second kappa shape index (κ2) is 12.4. The predicted octanol–water partition coefficient (Wildman–Crippen LogP) is 0.852. The van der Waals surface area contributed by atoms with Crippen molar-refractivity contribution in [3.8, 4) is 5.75 Å². The van der Waals surface area contributed by atoms with Gasteiger partial charge < -0.3 is 24.6 Å². The molecule has 41 heavy (non-hydrogen) atoms. The fourth-order valence-electron chi connectivity index (χ4n) is 5.26. The number of amides is 2. The highest BCUT2D eigenvalue weighted by atomic mass is 35.5. The van der Waals surface area contributed by atoms with Gasteiger partial charge in [0.05, 0.1) is 43.1 Å². The van der Waals surface area contributed by atoms with Crippen LogP contribution in [-0.4, -0.2) is 111 Å². The van der Waals surface area contributed by atoms with Gasteiger partial charge in [0.2, 0.25) is 11.9 Å². The minimum Gasteiger partial charge on any atom is -0.492 e. The van der Waals surface area contributed by atoms with Crippen LogP contribution in [-0.2, 0) is 22.7 Å². The van der Waals surface area contributed by atoms with E-state index in [1.165, 1.54) is 0 Å². The first-order chi connectivity index (χ1) is 20.0. The number of rotatable bonds is 3. The molecule has 2 aromatic heterocycles. The number of nitrogens with one attached hydrogen (secondary N) is 1. The van der Waals surface area contributed by atoms with Gasteiger partial charge in [0.1, 0.15) is 11.4 Å². The molecular weight excluding hydrogens is 550 g/mol. The first-order valence-corrected chi connectivity index (χ1v) is 14.2. The molecule has 1 aromatic carbocycles. The Labute approximate surface area is 242 Å². The molecule has 2 fully saturated rings. The normalized spacial score (nSPS) is 22.1. The lowest BCUT2D eigenvalue weighted by Crippen LogP contribution is -2.50. The van der Waals surface area contributed by atoms with Crippen LogP contribution >= 0.6 is 11.6 Å². The summed E-state index contributed by atoms with van der Waals surface area (Å²) in [5, 5.41) is 11.9. The summed E-state index contributed by atoms with van der Waals surface area (Å²) in [7, 11) is 0. The number of nitrogens with zero attached hydrogens (tertiary/aromatic N) is 8. The lowest BCUT2D eigenvalue weighted by molar-refractivity contribution is -0.132. The number of halogens is 1. The van der Waals surface area contributed by atoms with Crippen LogP contribution in [0, 0.1) is 0 Å². The average molecular weight is 582 g/mol. The Bertz CT molecular complexity index is 1370. The molecule has 3 aliphatic rings. The quantitative estimate of drug-likeness (QED) is 0.475. The van der Waals surface area contributed by atoms with Crippen LogP contribution in [0.15, 0.2) is 42.9 Å². The van der Waals surface area contributed by atoms with Gasteiger partial charge in [0.25, 0.3) is 5.91 Å². The molecule has 0 spiro atoms. The molecule has 13 nitrogen and oxygen atoms in total. The predicted molar refractivity (Wildman–Crippen MR) is 149 cm³/mol. The van der Waals surface area contributed by atoms with Gasteiger partial charge in [-0.15, -0.1) is 5.10 Å². The molecule has 14 heteroatoms. The Kier molecular flexibility index (Phi) is 8.26. The van der Waals surface area contributed by atoms with Crippen LogP contribution in [0.5, 0.6) is 5.75 Å². The fourth-order valence-corrected chi connectivity index (χ4v) is 5.43. The van der Waals surface area contributed by atoms with Crippen LogP contribution in [0.4, 0.5) is 5.95 Å². The van der Waals surface area contributed by atoms with Gasteiger partial charge in [-0.05, 0) is 24.3 Å². The van der Waals surface area contributed by atoms with Crippen LogP contribution in [0.2, 0.25) is 5.02 Å². The topological polar surface area (TPSA) is 131 Å². The molecule has 2 saturated heterocycles. The number of anilines is 1. The molecule has 0 aliphatic carbocycles. The number of carbonyl (C=O) groups is 2. The van der Waals surface area contributed by atoms with Gasteiger partial charge in [-0.3, -0.25) is 19.2 Å². The molecular formula is C27H32ClN9O4. The zero-order valence-corrected chi connectivity index (χ0v) is 23.3. The van der Waals surface area contributed by atoms with Crippen molar-refractivity contribution in [3.05, 3.63) is 59.1 Å². The second-order valence-electron chi connectivity index (χ2n) is 10.4. The zero-order valence-electron chi connectivity index (χ0n) is 22.6. The van der Waals surface area contributed by atoms with Crippen molar-refractivity contribution in [2.45, 2.75) is 31.7 Å².